The second-order valence-electron chi connectivity index (χ2n) is 3.62. The zero-order valence-electron chi connectivity index (χ0n) is 9.11. The van der Waals surface area contributed by atoms with Crippen molar-refractivity contribution in [2.24, 2.45) is 0 Å². The van der Waals surface area contributed by atoms with Crippen molar-refractivity contribution >= 4 is 0 Å². The fourth-order valence-electron chi connectivity index (χ4n) is 1.40. The fourth-order valence-corrected chi connectivity index (χ4v) is 1.40. The van der Waals surface area contributed by atoms with Gasteiger partial charge in [-0.1, -0.05) is 6.07 Å². The summed E-state index contributed by atoms with van der Waals surface area (Å²) >= 11 is 0. The number of hydrogen-bond donors (Lipinski definition) is 4. The summed E-state index contributed by atoms with van der Waals surface area (Å²) in [6.45, 7) is -0.824. The lowest BCUT2D eigenvalue weighted by Crippen LogP contribution is -2.38. The van der Waals surface area contributed by atoms with Crippen molar-refractivity contribution < 1.29 is 24.1 Å². The van der Waals surface area contributed by atoms with Crippen molar-refractivity contribution in [3.05, 3.63) is 35.4 Å². The Morgan fingerprint density at radius 3 is 2.12 bits per heavy atom. The average molecular weight is 247 g/mol. The Morgan fingerprint density at radius 2 is 1.65 bits per heavy atom. The monoisotopic (exact) mass is 247 g/mol. The van der Waals surface area contributed by atoms with E-state index in [0.717, 1.165) is 12.1 Å². The van der Waals surface area contributed by atoms with Crippen LogP contribution < -0.4 is 5.32 Å². The van der Waals surface area contributed by atoms with Crippen LogP contribution in [0.25, 0.3) is 0 Å². The van der Waals surface area contributed by atoms with Gasteiger partial charge in [0, 0.05) is 6.54 Å². The third kappa shape index (κ3) is 3.71. The summed E-state index contributed by atoms with van der Waals surface area (Å²) in [5.74, 6) is -1.66. The molecule has 6 heteroatoms. The van der Waals surface area contributed by atoms with Crippen LogP contribution in [0.2, 0.25) is 0 Å². The van der Waals surface area contributed by atoms with Crippen LogP contribution in [0, 0.1) is 11.6 Å². The van der Waals surface area contributed by atoms with Gasteiger partial charge in [0.05, 0.1) is 30.9 Å². The normalized spacial score (nSPS) is 13.1. The standard InChI is InChI=1S/C11H15F2NO3/c12-8-2-1-3-9(13)11(8)10(17)4-14-7(5-15)6-16/h1-3,7,10,14-17H,4-6H2. The number of nitrogens with one attached hydrogen (secondary N) is 1. The molecule has 0 aliphatic heterocycles. The predicted molar refractivity (Wildman–Crippen MR) is 57.3 cm³/mol. The van der Waals surface area contributed by atoms with Crippen LogP contribution in [-0.2, 0) is 0 Å². The second kappa shape index (κ2) is 6.61. The van der Waals surface area contributed by atoms with Crippen LogP contribution in [0.4, 0.5) is 8.78 Å². The molecule has 0 aromatic heterocycles. The van der Waals surface area contributed by atoms with Gasteiger partial charge in [-0.05, 0) is 12.1 Å². The van der Waals surface area contributed by atoms with E-state index < -0.39 is 29.3 Å². The molecule has 4 N–H and O–H groups in total. The van der Waals surface area contributed by atoms with Crippen molar-refractivity contribution in [2.75, 3.05) is 19.8 Å². The van der Waals surface area contributed by atoms with E-state index in [2.05, 4.69) is 5.32 Å². The van der Waals surface area contributed by atoms with Gasteiger partial charge in [-0.2, -0.15) is 0 Å². The molecule has 0 saturated carbocycles. The van der Waals surface area contributed by atoms with Gasteiger partial charge in [0.1, 0.15) is 11.6 Å². The van der Waals surface area contributed by atoms with Crippen molar-refractivity contribution in [1.82, 2.24) is 5.32 Å². The van der Waals surface area contributed by atoms with Gasteiger partial charge >= 0.3 is 0 Å². The molecule has 1 aromatic carbocycles. The van der Waals surface area contributed by atoms with Gasteiger partial charge in [-0.3, -0.25) is 0 Å². The third-order valence-corrected chi connectivity index (χ3v) is 2.37. The smallest absolute Gasteiger partial charge is 0.131 e. The summed E-state index contributed by atoms with van der Waals surface area (Å²) in [5, 5.41) is 29.7. The highest BCUT2D eigenvalue weighted by Crippen LogP contribution is 2.19. The minimum absolute atomic E-state index is 0.163. The van der Waals surface area contributed by atoms with Crippen LogP contribution >= 0.6 is 0 Å². The van der Waals surface area contributed by atoms with E-state index in [4.69, 9.17) is 10.2 Å². The van der Waals surface area contributed by atoms with E-state index in [1.165, 1.54) is 6.07 Å². The number of rotatable bonds is 6. The number of benzene rings is 1. The molecule has 0 saturated heterocycles. The number of aliphatic hydroxyl groups excluding tert-OH is 3. The van der Waals surface area contributed by atoms with E-state index in [1.54, 1.807) is 0 Å². The van der Waals surface area contributed by atoms with Gasteiger partial charge < -0.3 is 20.6 Å². The lowest BCUT2D eigenvalue weighted by molar-refractivity contribution is 0.131. The van der Waals surface area contributed by atoms with Gasteiger partial charge in [0.25, 0.3) is 0 Å². The maximum atomic E-state index is 13.3. The Bertz CT molecular complexity index is 338. The zero-order valence-corrected chi connectivity index (χ0v) is 9.11. The minimum atomic E-state index is -1.38. The summed E-state index contributed by atoms with van der Waals surface area (Å²) < 4.78 is 26.5. The van der Waals surface area contributed by atoms with E-state index in [-0.39, 0.29) is 19.8 Å². The van der Waals surface area contributed by atoms with Gasteiger partial charge in [0.15, 0.2) is 0 Å². The number of hydrogen-bond acceptors (Lipinski definition) is 4. The molecule has 0 radical (unpaired) electrons. The molecule has 0 heterocycles. The summed E-state index contributed by atoms with van der Waals surface area (Å²) in [6, 6.07) is 2.69. The van der Waals surface area contributed by atoms with E-state index in [1.807, 2.05) is 0 Å². The Kier molecular flexibility index (Phi) is 5.43. The minimum Gasteiger partial charge on any atom is -0.395 e. The van der Waals surface area contributed by atoms with Crippen LogP contribution in [-0.4, -0.2) is 41.1 Å². The lowest BCUT2D eigenvalue weighted by Gasteiger charge is -2.17. The topological polar surface area (TPSA) is 72.7 Å². The SMILES string of the molecule is OCC(CO)NCC(O)c1c(F)cccc1F. The molecule has 0 fully saturated rings. The van der Waals surface area contributed by atoms with Crippen molar-refractivity contribution in [1.29, 1.82) is 0 Å². The first-order chi connectivity index (χ1) is 8.10. The molecule has 0 aliphatic carbocycles. The molecule has 0 amide bonds. The summed E-state index contributed by atoms with van der Waals surface area (Å²) in [7, 11) is 0. The lowest BCUT2D eigenvalue weighted by atomic mass is 10.1. The molecule has 1 atom stereocenters. The molecule has 17 heavy (non-hydrogen) atoms. The first-order valence-corrected chi connectivity index (χ1v) is 5.17. The van der Waals surface area contributed by atoms with Crippen molar-refractivity contribution in [3.8, 4) is 0 Å². The van der Waals surface area contributed by atoms with Crippen molar-refractivity contribution in [3.63, 3.8) is 0 Å². The molecule has 0 aliphatic rings. The van der Waals surface area contributed by atoms with Crippen LogP contribution in [0.15, 0.2) is 18.2 Å². The molecule has 96 valence electrons. The maximum absolute atomic E-state index is 13.3. The molecule has 1 unspecified atom stereocenters. The predicted octanol–water partition coefficient (Wildman–Crippen LogP) is -0.0590. The highest BCUT2D eigenvalue weighted by Gasteiger charge is 2.18. The molecule has 4 nitrogen and oxygen atoms in total. The van der Waals surface area contributed by atoms with Crippen molar-refractivity contribution in [2.45, 2.75) is 12.1 Å². The molecule has 0 spiro atoms. The Hall–Kier alpha value is -1.08. The highest BCUT2D eigenvalue weighted by molar-refractivity contribution is 5.22. The fraction of sp³-hybridized carbons (Fsp3) is 0.455. The van der Waals surface area contributed by atoms with E-state index in [0.29, 0.717) is 0 Å². The second-order valence-corrected chi connectivity index (χ2v) is 3.62. The molecule has 1 rings (SSSR count). The average Bonchev–Trinajstić information content (AvgIpc) is 2.30. The van der Waals surface area contributed by atoms with Crippen LogP contribution in [0.1, 0.15) is 11.7 Å². The molecule has 0 bridgehead atoms. The molecular weight excluding hydrogens is 232 g/mol. The summed E-state index contributed by atoms with van der Waals surface area (Å²) in [6.07, 6.45) is -1.38. The van der Waals surface area contributed by atoms with E-state index in [9.17, 15) is 13.9 Å². The largest absolute Gasteiger partial charge is 0.395 e. The Morgan fingerprint density at radius 1 is 1.12 bits per heavy atom. The quantitative estimate of drug-likeness (QED) is 0.568. The molecular formula is C11H15F2NO3. The molecule has 1 aromatic rings. The Balaban J connectivity index is 2.66. The summed E-state index contributed by atoms with van der Waals surface area (Å²) in [5.41, 5.74) is -0.422. The highest BCUT2D eigenvalue weighted by atomic mass is 19.1. The van der Waals surface area contributed by atoms with E-state index >= 15 is 0 Å². The first-order valence-electron chi connectivity index (χ1n) is 5.17. The number of aliphatic hydroxyl groups is 3. The maximum Gasteiger partial charge on any atom is 0.131 e. The Labute approximate surface area is 97.5 Å². The van der Waals surface area contributed by atoms with Gasteiger partial charge in [-0.15, -0.1) is 0 Å². The van der Waals surface area contributed by atoms with Gasteiger partial charge in [-0.25, -0.2) is 8.78 Å². The number of halogens is 2. The summed E-state index contributed by atoms with van der Waals surface area (Å²) in [4.78, 5) is 0. The first kappa shape index (κ1) is 14.0. The van der Waals surface area contributed by atoms with Crippen LogP contribution in [0.3, 0.4) is 0 Å². The van der Waals surface area contributed by atoms with Crippen LogP contribution in [0.5, 0.6) is 0 Å². The third-order valence-electron chi connectivity index (χ3n) is 2.37. The van der Waals surface area contributed by atoms with Gasteiger partial charge in [0.2, 0.25) is 0 Å². The zero-order chi connectivity index (χ0) is 12.8.